The van der Waals surface area contributed by atoms with E-state index in [1.165, 1.54) is 7.11 Å². The average molecular weight is 348 g/mol. The molecule has 7 heteroatoms. The van der Waals surface area contributed by atoms with Crippen LogP contribution >= 0.6 is 0 Å². The first-order valence-electron chi connectivity index (χ1n) is 8.59. The Labute approximate surface area is 146 Å². The smallest absolute Gasteiger partial charge is 0.341 e. The second kappa shape index (κ2) is 7.74. The molecule has 0 spiro atoms. The minimum absolute atomic E-state index is 0.0626. The number of hydrogen-bond acceptors (Lipinski definition) is 5. The second-order valence-corrected chi connectivity index (χ2v) is 6.70. The molecule has 2 bridgehead atoms. The number of aliphatic carboxylic acids is 1. The van der Waals surface area contributed by atoms with Crippen LogP contribution in [0.1, 0.15) is 24.8 Å². The van der Waals surface area contributed by atoms with Gasteiger partial charge in [-0.1, -0.05) is 12.5 Å². The van der Waals surface area contributed by atoms with Crippen LogP contribution in [0.4, 0.5) is 0 Å². The molecule has 25 heavy (non-hydrogen) atoms. The number of nitrogens with one attached hydrogen (secondary N) is 1. The zero-order chi connectivity index (χ0) is 17.8. The standard InChI is InChI=1S/C18H24N2O5/c1-24-16-7-12(5-6-15(16)25-11-17(21)22)8-20-9-13-3-2-4-14(10-20)19-18(13)23/h5-7,13-14H,2-4,8-11H2,1H3,(H,19,23)(H,21,22)/t13-,14+/m1/s1. The summed E-state index contributed by atoms with van der Waals surface area (Å²) in [5.74, 6) is 0.146. The van der Waals surface area contributed by atoms with E-state index in [-0.39, 0.29) is 17.9 Å². The van der Waals surface area contributed by atoms with E-state index in [0.717, 1.165) is 44.5 Å². The van der Waals surface area contributed by atoms with Crippen molar-refractivity contribution in [3.63, 3.8) is 0 Å². The van der Waals surface area contributed by atoms with E-state index in [2.05, 4.69) is 10.2 Å². The van der Waals surface area contributed by atoms with Crippen LogP contribution < -0.4 is 14.8 Å². The third-order valence-electron chi connectivity index (χ3n) is 4.76. The number of fused-ring (bicyclic) bond motifs is 3. The number of likely N-dealkylation sites (tertiary alicyclic amines) is 1. The van der Waals surface area contributed by atoms with Crippen LogP contribution in [0.3, 0.4) is 0 Å². The van der Waals surface area contributed by atoms with E-state index in [4.69, 9.17) is 14.6 Å². The summed E-state index contributed by atoms with van der Waals surface area (Å²) in [5, 5.41) is 11.9. The monoisotopic (exact) mass is 348 g/mol. The molecular weight excluding hydrogens is 324 g/mol. The number of nitrogens with zero attached hydrogens (tertiary/aromatic N) is 1. The number of amides is 1. The lowest BCUT2D eigenvalue weighted by Crippen LogP contribution is -2.38. The molecule has 2 fully saturated rings. The fourth-order valence-electron chi connectivity index (χ4n) is 3.60. The van der Waals surface area contributed by atoms with Crippen molar-refractivity contribution in [2.24, 2.45) is 5.92 Å². The lowest BCUT2D eigenvalue weighted by Gasteiger charge is -2.27. The number of carbonyl (C=O) groups is 2. The van der Waals surface area contributed by atoms with Gasteiger partial charge in [-0.25, -0.2) is 4.79 Å². The first-order valence-corrected chi connectivity index (χ1v) is 8.59. The number of carboxylic acid groups (broad SMARTS) is 1. The molecule has 1 aromatic rings. The first kappa shape index (κ1) is 17.5. The van der Waals surface area contributed by atoms with Crippen molar-refractivity contribution < 1.29 is 24.2 Å². The third-order valence-corrected chi connectivity index (χ3v) is 4.76. The van der Waals surface area contributed by atoms with E-state index in [9.17, 15) is 9.59 Å². The normalized spacial score (nSPS) is 23.5. The number of carboxylic acids is 1. The van der Waals surface area contributed by atoms with E-state index in [1.807, 2.05) is 12.1 Å². The van der Waals surface area contributed by atoms with E-state index < -0.39 is 12.6 Å². The summed E-state index contributed by atoms with van der Waals surface area (Å²) in [4.78, 5) is 25.1. The maximum atomic E-state index is 12.1. The molecule has 2 N–H and O–H groups in total. The quantitative estimate of drug-likeness (QED) is 0.805. The zero-order valence-electron chi connectivity index (χ0n) is 14.4. The van der Waals surface area contributed by atoms with Gasteiger partial charge in [0.25, 0.3) is 0 Å². The molecule has 1 aromatic carbocycles. The van der Waals surface area contributed by atoms with Crippen molar-refractivity contribution in [3.05, 3.63) is 23.8 Å². The van der Waals surface area contributed by atoms with Gasteiger partial charge in [-0.3, -0.25) is 9.69 Å². The minimum Gasteiger partial charge on any atom is -0.493 e. The fraction of sp³-hybridized carbons (Fsp3) is 0.556. The van der Waals surface area contributed by atoms with Gasteiger partial charge in [-0.05, 0) is 30.5 Å². The van der Waals surface area contributed by atoms with Crippen LogP contribution in [0, 0.1) is 5.92 Å². The van der Waals surface area contributed by atoms with Crippen LogP contribution in [-0.2, 0) is 16.1 Å². The lowest BCUT2D eigenvalue weighted by molar-refractivity contribution is -0.139. The van der Waals surface area contributed by atoms with Crippen LogP contribution in [0.15, 0.2) is 18.2 Å². The summed E-state index contributed by atoms with van der Waals surface area (Å²) in [6.45, 7) is 1.93. The summed E-state index contributed by atoms with van der Waals surface area (Å²) in [7, 11) is 1.53. The predicted octanol–water partition coefficient (Wildman–Crippen LogP) is 1.26. The summed E-state index contributed by atoms with van der Waals surface area (Å²) in [5.41, 5.74) is 1.05. The number of hydrogen-bond donors (Lipinski definition) is 2. The molecule has 3 rings (SSSR count). The Morgan fingerprint density at radius 1 is 1.32 bits per heavy atom. The Bertz CT molecular complexity index is 648. The third kappa shape index (κ3) is 4.42. The van der Waals surface area contributed by atoms with Crippen LogP contribution in [0.5, 0.6) is 11.5 Å². The van der Waals surface area contributed by atoms with Crippen LogP contribution in [-0.4, -0.2) is 54.7 Å². The number of benzene rings is 1. The van der Waals surface area contributed by atoms with Gasteiger partial charge in [0.05, 0.1) is 13.0 Å². The SMILES string of the molecule is COc1cc(CN2C[C@@H]3CCC[C@H](C2)C(=O)N3)ccc1OCC(=O)O. The second-order valence-electron chi connectivity index (χ2n) is 6.70. The van der Waals surface area contributed by atoms with Gasteiger partial charge in [0.2, 0.25) is 5.91 Å². The van der Waals surface area contributed by atoms with Crippen molar-refractivity contribution in [1.29, 1.82) is 0 Å². The van der Waals surface area contributed by atoms with Gasteiger partial charge >= 0.3 is 5.97 Å². The molecule has 0 aliphatic carbocycles. The predicted molar refractivity (Wildman–Crippen MR) is 90.7 cm³/mol. The highest BCUT2D eigenvalue weighted by Gasteiger charge is 2.32. The molecule has 2 heterocycles. The Hall–Kier alpha value is -2.28. The Balaban J connectivity index is 1.70. The molecule has 1 amide bonds. The molecule has 136 valence electrons. The highest BCUT2D eigenvalue weighted by Crippen LogP contribution is 2.29. The summed E-state index contributed by atoms with van der Waals surface area (Å²) < 4.78 is 10.6. The fourth-order valence-corrected chi connectivity index (χ4v) is 3.60. The highest BCUT2D eigenvalue weighted by atomic mass is 16.5. The van der Waals surface area contributed by atoms with E-state index >= 15 is 0 Å². The first-order chi connectivity index (χ1) is 12.0. The van der Waals surface area contributed by atoms with E-state index in [1.54, 1.807) is 6.07 Å². The molecule has 0 unspecified atom stereocenters. The van der Waals surface area contributed by atoms with Crippen molar-refractivity contribution in [1.82, 2.24) is 10.2 Å². The average Bonchev–Trinajstić information content (AvgIpc) is 2.82. The Morgan fingerprint density at radius 3 is 2.92 bits per heavy atom. The van der Waals surface area contributed by atoms with Gasteiger partial charge in [-0.2, -0.15) is 0 Å². The van der Waals surface area contributed by atoms with Gasteiger partial charge in [-0.15, -0.1) is 0 Å². The van der Waals surface area contributed by atoms with Gasteiger partial charge in [0.1, 0.15) is 0 Å². The van der Waals surface area contributed by atoms with Crippen LogP contribution in [0.25, 0.3) is 0 Å². The molecule has 0 saturated carbocycles. The molecular formula is C18H24N2O5. The summed E-state index contributed by atoms with van der Waals surface area (Å²) in [6.07, 6.45) is 3.08. The molecule has 2 saturated heterocycles. The largest absolute Gasteiger partial charge is 0.493 e. The molecule has 0 radical (unpaired) electrons. The molecule has 7 nitrogen and oxygen atoms in total. The van der Waals surface area contributed by atoms with Gasteiger partial charge in [0, 0.05) is 25.7 Å². The number of carbonyl (C=O) groups excluding carboxylic acids is 1. The summed E-state index contributed by atoms with van der Waals surface area (Å²) in [6, 6.07) is 5.74. The molecule has 2 atom stereocenters. The topological polar surface area (TPSA) is 88.1 Å². The van der Waals surface area contributed by atoms with Crippen molar-refractivity contribution in [2.45, 2.75) is 31.8 Å². The molecule has 0 aromatic heterocycles. The number of methoxy groups -OCH3 is 1. The molecule has 2 aliphatic heterocycles. The molecule has 2 aliphatic rings. The highest BCUT2D eigenvalue weighted by molar-refractivity contribution is 5.79. The van der Waals surface area contributed by atoms with Crippen molar-refractivity contribution in [3.8, 4) is 11.5 Å². The zero-order valence-corrected chi connectivity index (χ0v) is 14.4. The van der Waals surface area contributed by atoms with Crippen molar-refractivity contribution >= 4 is 11.9 Å². The minimum atomic E-state index is -1.03. The Morgan fingerprint density at radius 2 is 2.16 bits per heavy atom. The maximum Gasteiger partial charge on any atom is 0.341 e. The number of ether oxygens (including phenoxy) is 2. The Kier molecular flexibility index (Phi) is 5.43. The van der Waals surface area contributed by atoms with Gasteiger partial charge in [0.15, 0.2) is 18.1 Å². The maximum absolute atomic E-state index is 12.1. The number of rotatable bonds is 6. The lowest BCUT2D eigenvalue weighted by atomic mass is 9.99. The van der Waals surface area contributed by atoms with E-state index in [0.29, 0.717) is 11.5 Å². The summed E-state index contributed by atoms with van der Waals surface area (Å²) >= 11 is 0. The van der Waals surface area contributed by atoms with Gasteiger partial charge < -0.3 is 19.9 Å². The van der Waals surface area contributed by atoms with Crippen LogP contribution in [0.2, 0.25) is 0 Å². The van der Waals surface area contributed by atoms with Crippen molar-refractivity contribution in [2.75, 3.05) is 26.8 Å².